The fourth-order valence-electron chi connectivity index (χ4n) is 1.86. The lowest BCUT2D eigenvalue weighted by Crippen LogP contribution is -2.48. The van der Waals surface area contributed by atoms with Crippen LogP contribution in [0.1, 0.15) is 28.9 Å². The van der Waals surface area contributed by atoms with Gasteiger partial charge in [0.05, 0.1) is 11.7 Å². The van der Waals surface area contributed by atoms with Gasteiger partial charge in [-0.3, -0.25) is 4.79 Å². The summed E-state index contributed by atoms with van der Waals surface area (Å²) in [6, 6.07) is -0.282. The summed E-state index contributed by atoms with van der Waals surface area (Å²) in [5.41, 5.74) is 0.442. The van der Waals surface area contributed by atoms with E-state index in [1.165, 1.54) is 12.5 Å². The molecule has 7 heteroatoms. The van der Waals surface area contributed by atoms with Crippen LogP contribution in [0.2, 0.25) is 0 Å². The van der Waals surface area contributed by atoms with Gasteiger partial charge in [-0.05, 0) is 12.8 Å². The minimum atomic E-state index is -1.07. The summed E-state index contributed by atoms with van der Waals surface area (Å²) in [5, 5.41) is 14.7. The average molecular weight is 250 g/mol. The number of carbonyl (C=O) groups excluding carboxylic acids is 1. The van der Waals surface area contributed by atoms with Crippen molar-refractivity contribution in [3.05, 3.63) is 23.8 Å². The second-order valence-electron chi connectivity index (χ2n) is 4.06. The molecule has 1 aliphatic heterocycles. The Hall–Kier alpha value is -2.02. The van der Waals surface area contributed by atoms with E-state index in [0.717, 1.165) is 12.8 Å². The molecular formula is C11H14N4O3. The van der Waals surface area contributed by atoms with E-state index in [0.29, 0.717) is 12.2 Å². The van der Waals surface area contributed by atoms with Crippen molar-refractivity contribution in [1.82, 2.24) is 20.6 Å². The minimum Gasteiger partial charge on any atom is -0.478 e. The van der Waals surface area contributed by atoms with Gasteiger partial charge in [-0.1, -0.05) is 0 Å². The summed E-state index contributed by atoms with van der Waals surface area (Å²) in [7, 11) is 0. The number of nitrogens with zero attached hydrogens (tertiary/aromatic N) is 2. The van der Waals surface area contributed by atoms with E-state index < -0.39 is 5.97 Å². The van der Waals surface area contributed by atoms with Crippen molar-refractivity contribution < 1.29 is 14.7 Å². The van der Waals surface area contributed by atoms with Gasteiger partial charge in [0.1, 0.15) is 11.9 Å². The normalized spacial score (nSPS) is 19.3. The number of piperidine rings is 1. The number of aromatic carboxylic acids is 1. The molecule has 1 aromatic heterocycles. The maximum Gasteiger partial charge on any atom is 0.339 e. The fourth-order valence-corrected chi connectivity index (χ4v) is 1.86. The van der Waals surface area contributed by atoms with E-state index in [1.807, 2.05) is 0 Å². The summed E-state index contributed by atoms with van der Waals surface area (Å²) in [6.07, 6.45) is 4.22. The molecule has 2 rings (SSSR count). The number of nitrogens with one attached hydrogen (secondary N) is 2. The molecule has 1 amide bonds. The van der Waals surface area contributed by atoms with Crippen molar-refractivity contribution >= 4 is 11.9 Å². The van der Waals surface area contributed by atoms with Gasteiger partial charge in [-0.15, -0.1) is 0 Å². The minimum absolute atomic E-state index is 0.0489. The van der Waals surface area contributed by atoms with Crippen molar-refractivity contribution in [1.29, 1.82) is 0 Å². The van der Waals surface area contributed by atoms with Gasteiger partial charge in [0.15, 0.2) is 0 Å². The Labute approximate surface area is 104 Å². The molecule has 1 unspecified atom stereocenters. The largest absolute Gasteiger partial charge is 0.478 e. The van der Waals surface area contributed by atoms with E-state index in [9.17, 15) is 9.59 Å². The predicted octanol–water partition coefficient (Wildman–Crippen LogP) is -0.457. The van der Waals surface area contributed by atoms with Crippen LogP contribution in [0.3, 0.4) is 0 Å². The monoisotopic (exact) mass is 250 g/mol. The maximum absolute atomic E-state index is 11.5. The zero-order valence-corrected chi connectivity index (χ0v) is 9.72. The second kappa shape index (κ2) is 5.54. The van der Waals surface area contributed by atoms with Crippen molar-refractivity contribution in [2.75, 3.05) is 6.54 Å². The molecule has 0 radical (unpaired) electrons. The molecule has 96 valence electrons. The second-order valence-corrected chi connectivity index (χ2v) is 4.06. The Bertz CT molecular complexity index is 463. The number of aromatic nitrogens is 2. The van der Waals surface area contributed by atoms with E-state index in [1.54, 1.807) is 0 Å². The summed E-state index contributed by atoms with van der Waals surface area (Å²) in [5.74, 6) is -1.12. The van der Waals surface area contributed by atoms with Crippen molar-refractivity contribution in [3.8, 4) is 0 Å². The molecule has 0 spiro atoms. The molecule has 0 aliphatic carbocycles. The van der Waals surface area contributed by atoms with Crippen LogP contribution in [0, 0.1) is 0 Å². The molecular weight excluding hydrogens is 236 g/mol. The zero-order chi connectivity index (χ0) is 13.0. The van der Waals surface area contributed by atoms with Crippen LogP contribution in [0.4, 0.5) is 0 Å². The molecule has 1 atom stereocenters. The molecule has 0 bridgehead atoms. The molecule has 1 saturated heterocycles. The summed E-state index contributed by atoms with van der Waals surface area (Å²) >= 11 is 0. The summed E-state index contributed by atoms with van der Waals surface area (Å²) in [4.78, 5) is 30.1. The van der Waals surface area contributed by atoms with Gasteiger partial charge >= 0.3 is 5.97 Å². The third kappa shape index (κ3) is 2.80. The van der Waals surface area contributed by atoms with Crippen LogP contribution >= 0.6 is 0 Å². The Kier molecular flexibility index (Phi) is 3.83. The van der Waals surface area contributed by atoms with Crippen LogP contribution < -0.4 is 10.6 Å². The first kappa shape index (κ1) is 12.4. The molecule has 3 N–H and O–H groups in total. The Morgan fingerprint density at radius 2 is 2.44 bits per heavy atom. The highest BCUT2D eigenvalue weighted by Crippen LogP contribution is 2.07. The van der Waals surface area contributed by atoms with Gasteiger partial charge in [0, 0.05) is 19.3 Å². The number of hydrogen-bond acceptors (Lipinski definition) is 5. The molecule has 18 heavy (non-hydrogen) atoms. The van der Waals surface area contributed by atoms with Crippen LogP contribution in [0.15, 0.2) is 12.5 Å². The van der Waals surface area contributed by atoms with Gasteiger partial charge < -0.3 is 15.7 Å². The van der Waals surface area contributed by atoms with Gasteiger partial charge in [0.2, 0.25) is 5.91 Å². The third-order valence-electron chi connectivity index (χ3n) is 2.83. The lowest BCUT2D eigenvalue weighted by Gasteiger charge is -2.22. The van der Waals surface area contributed by atoms with Gasteiger partial charge in [-0.25, -0.2) is 14.8 Å². The molecule has 1 fully saturated rings. The topological polar surface area (TPSA) is 104 Å². The first-order chi connectivity index (χ1) is 8.68. The first-order valence-corrected chi connectivity index (χ1v) is 5.71. The number of amides is 1. The molecule has 2 heterocycles. The summed E-state index contributed by atoms with van der Waals surface area (Å²) in [6.45, 7) is 0.938. The van der Waals surface area contributed by atoms with Gasteiger partial charge in [-0.2, -0.15) is 0 Å². The highest BCUT2D eigenvalue weighted by molar-refractivity contribution is 5.88. The quantitative estimate of drug-likeness (QED) is 0.668. The molecule has 0 saturated carbocycles. The van der Waals surface area contributed by atoms with E-state index >= 15 is 0 Å². The van der Waals surface area contributed by atoms with Crippen LogP contribution in [0.25, 0.3) is 0 Å². The Balaban J connectivity index is 2.01. The Morgan fingerprint density at radius 3 is 3.17 bits per heavy atom. The van der Waals surface area contributed by atoms with E-state index in [2.05, 4.69) is 20.6 Å². The molecule has 7 nitrogen and oxygen atoms in total. The summed E-state index contributed by atoms with van der Waals surface area (Å²) < 4.78 is 0. The van der Waals surface area contributed by atoms with Crippen molar-refractivity contribution in [2.24, 2.45) is 0 Å². The molecule has 1 aliphatic rings. The predicted molar refractivity (Wildman–Crippen MR) is 61.9 cm³/mol. The first-order valence-electron chi connectivity index (χ1n) is 5.71. The van der Waals surface area contributed by atoms with Gasteiger partial charge in [0.25, 0.3) is 0 Å². The number of carboxylic acids is 1. The highest BCUT2D eigenvalue weighted by atomic mass is 16.4. The number of carboxylic acid groups (broad SMARTS) is 1. The molecule has 1 aromatic rings. The van der Waals surface area contributed by atoms with Crippen LogP contribution in [-0.4, -0.2) is 39.5 Å². The van der Waals surface area contributed by atoms with E-state index in [-0.39, 0.29) is 24.1 Å². The average Bonchev–Trinajstić information content (AvgIpc) is 2.38. The van der Waals surface area contributed by atoms with E-state index in [4.69, 9.17) is 5.11 Å². The SMILES string of the molecule is O=C(O)c1cncnc1CNC1CCCNC1=O. The fraction of sp³-hybridized carbons (Fsp3) is 0.455. The lowest BCUT2D eigenvalue weighted by atomic mass is 10.1. The third-order valence-corrected chi connectivity index (χ3v) is 2.83. The van der Waals surface area contributed by atoms with Crippen LogP contribution in [0.5, 0.6) is 0 Å². The maximum atomic E-state index is 11.5. The highest BCUT2D eigenvalue weighted by Gasteiger charge is 2.22. The smallest absolute Gasteiger partial charge is 0.339 e. The number of hydrogen-bond donors (Lipinski definition) is 3. The van der Waals surface area contributed by atoms with Crippen molar-refractivity contribution in [3.63, 3.8) is 0 Å². The zero-order valence-electron chi connectivity index (χ0n) is 9.72. The lowest BCUT2D eigenvalue weighted by molar-refractivity contribution is -0.124. The standard InChI is InChI=1S/C11H14N4O3/c16-10-8(2-1-3-13-10)14-5-9-7(11(17)18)4-12-6-15-9/h4,6,8,14H,1-3,5H2,(H,13,16)(H,17,18). The number of rotatable bonds is 4. The Morgan fingerprint density at radius 1 is 1.61 bits per heavy atom. The number of carbonyl (C=O) groups is 2. The van der Waals surface area contributed by atoms with Crippen molar-refractivity contribution in [2.45, 2.75) is 25.4 Å². The molecule has 0 aromatic carbocycles. The van der Waals surface area contributed by atoms with Crippen LogP contribution in [-0.2, 0) is 11.3 Å².